The Hall–Kier alpha value is -1.30. The van der Waals surface area contributed by atoms with E-state index in [1.54, 1.807) is 23.1 Å². The van der Waals surface area contributed by atoms with Crippen molar-refractivity contribution in [3.63, 3.8) is 0 Å². The zero-order valence-corrected chi connectivity index (χ0v) is 10.7. The normalized spacial score (nSPS) is 14.3. The molecule has 18 heavy (non-hydrogen) atoms. The second-order valence-corrected chi connectivity index (χ2v) is 4.28. The third-order valence-electron chi connectivity index (χ3n) is 2.59. The van der Waals surface area contributed by atoms with Gasteiger partial charge in [0.25, 0.3) is 5.91 Å². The molecular formula is C12H15ClN2O3. The number of halogens is 1. The Morgan fingerprint density at radius 2 is 2.28 bits per heavy atom. The molecule has 1 aliphatic rings. The molecule has 0 bridgehead atoms. The van der Waals surface area contributed by atoms with Crippen LogP contribution in [0.3, 0.4) is 0 Å². The second-order valence-electron chi connectivity index (χ2n) is 3.85. The Morgan fingerprint density at radius 1 is 1.44 bits per heavy atom. The average molecular weight is 271 g/mol. The number of fused-ring (bicyclic) bond motifs is 1. The summed E-state index contributed by atoms with van der Waals surface area (Å²) in [5.74, 6) is 0.568. The summed E-state index contributed by atoms with van der Waals surface area (Å²) in [6, 6.07) is 5.22. The summed E-state index contributed by atoms with van der Waals surface area (Å²) in [4.78, 5) is 13.4. The van der Waals surface area contributed by atoms with Crippen LogP contribution in [-0.4, -0.2) is 38.8 Å². The number of nitrogens with zero attached hydrogens (tertiary/aromatic N) is 1. The smallest absolute Gasteiger partial charge is 0.265 e. The molecule has 2 N–H and O–H groups in total. The van der Waals surface area contributed by atoms with Crippen molar-refractivity contribution in [2.45, 2.75) is 0 Å². The van der Waals surface area contributed by atoms with Crippen LogP contribution >= 0.6 is 11.6 Å². The molecule has 1 amide bonds. The fourth-order valence-corrected chi connectivity index (χ4v) is 1.93. The van der Waals surface area contributed by atoms with E-state index >= 15 is 0 Å². The van der Waals surface area contributed by atoms with Crippen LogP contribution in [0, 0.1) is 0 Å². The minimum Gasteiger partial charge on any atom is -0.482 e. The van der Waals surface area contributed by atoms with E-state index < -0.39 is 0 Å². The predicted molar refractivity (Wildman–Crippen MR) is 69.2 cm³/mol. The number of carbonyl (C=O) groups excluding carboxylic acids is 1. The Bertz CT molecular complexity index is 439. The maximum atomic E-state index is 11.8. The van der Waals surface area contributed by atoms with Gasteiger partial charge in [0.2, 0.25) is 0 Å². The van der Waals surface area contributed by atoms with Crippen molar-refractivity contribution >= 4 is 23.2 Å². The Kier molecular flexibility index (Phi) is 4.41. The first-order valence-corrected chi connectivity index (χ1v) is 6.10. The number of amides is 1. The second kappa shape index (κ2) is 6.04. The van der Waals surface area contributed by atoms with E-state index in [-0.39, 0.29) is 12.5 Å². The molecule has 1 aromatic carbocycles. The zero-order valence-electron chi connectivity index (χ0n) is 9.89. The van der Waals surface area contributed by atoms with Crippen LogP contribution < -0.4 is 15.4 Å². The Morgan fingerprint density at radius 3 is 3.06 bits per heavy atom. The van der Waals surface area contributed by atoms with Gasteiger partial charge in [-0.2, -0.15) is 0 Å². The standard InChI is InChI=1S/C12H15ClN2O3/c13-9-1-2-11-10(7-9)15(12(16)8-18-11)4-6-17-5-3-14/h1-2,7H,3-6,8,14H2. The minimum atomic E-state index is -0.0962. The van der Waals surface area contributed by atoms with Crippen molar-refractivity contribution < 1.29 is 14.3 Å². The predicted octanol–water partition coefficient (Wildman–Crippen LogP) is 1.04. The van der Waals surface area contributed by atoms with Gasteiger partial charge >= 0.3 is 0 Å². The van der Waals surface area contributed by atoms with Crippen molar-refractivity contribution in [3.8, 4) is 5.75 Å². The van der Waals surface area contributed by atoms with Gasteiger partial charge in [-0.05, 0) is 18.2 Å². The van der Waals surface area contributed by atoms with Gasteiger partial charge in [0, 0.05) is 18.1 Å². The molecular weight excluding hydrogens is 256 g/mol. The van der Waals surface area contributed by atoms with Crippen molar-refractivity contribution in [2.24, 2.45) is 5.73 Å². The molecule has 0 unspecified atom stereocenters. The highest BCUT2D eigenvalue weighted by atomic mass is 35.5. The topological polar surface area (TPSA) is 64.8 Å². The first-order valence-electron chi connectivity index (χ1n) is 5.73. The van der Waals surface area contributed by atoms with E-state index in [9.17, 15) is 4.79 Å². The summed E-state index contributed by atoms with van der Waals surface area (Å²) < 4.78 is 10.6. The number of carbonyl (C=O) groups is 1. The van der Waals surface area contributed by atoms with Gasteiger partial charge in [0.05, 0.1) is 18.9 Å². The van der Waals surface area contributed by atoms with E-state index in [2.05, 4.69) is 0 Å². The molecule has 5 nitrogen and oxygen atoms in total. The molecule has 0 fully saturated rings. The molecule has 1 heterocycles. The highest BCUT2D eigenvalue weighted by Gasteiger charge is 2.25. The lowest BCUT2D eigenvalue weighted by Crippen LogP contribution is -2.40. The van der Waals surface area contributed by atoms with Crippen LogP contribution in [0.15, 0.2) is 18.2 Å². The molecule has 0 spiro atoms. The van der Waals surface area contributed by atoms with Crippen LogP contribution in [0.4, 0.5) is 5.69 Å². The Balaban J connectivity index is 2.09. The third kappa shape index (κ3) is 2.93. The SMILES string of the molecule is NCCOCCN1C(=O)COc2ccc(Cl)cc21. The van der Waals surface area contributed by atoms with Gasteiger partial charge in [-0.15, -0.1) is 0 Å². The van der Waals surface area contributed by atoms with E-state index in [4.69, 9.17) is 26.8 Å². The first-order chi connectivity index (χ1) is 8.72. The van der Waals surface area contributed by atoms with E-state index in [1.807, 2.05) is 0 Å². The molecule has 0 radical (unpaired) electrons. The summed E-state index contributed by atoms with van der Waals surface area (Å²) in [5, 5.41) is 0.569. The average Bonchev–Trinajstić information content (AvgIpc) is 2.36. The molecule has 0 atom stereocenters. The summed E-state index contributed by atoms with van der Waals surface area (Å²) >= 11 is 5.93. The highest BCUT2D eigenvalue weighted by Crippen LogP contribution is 2.34. The number of rotatable bonds is 5. The van der Waals surface area contributed by atoms with Gasteiger partial charge in [-0.1, -0.05) is 11.6 Å². The number of benzene rings is 1. The lowest BCUT2D eigenvalue weighted by molar-refractivity contribution is -0.121. The Labute approximate surface area is 110 Å². The monoisotopic (exact) mass is 270 g/mol. The molecule has 1 aliphatic heterocycles. The molecule has 0 aliphatic carbocycles. The van der Waals surface area contributed by atoms with Gasteiger partial charge < -0.3 is 20.1 Å². The molecule has 0 aromatic heterocycles. The number of hydrogen-bond donors (Lipinski definition) is 1. The number of ether oxygens (including phenoxy) is 2. The number of nitrogens with two attached hydrogens (primary N) is 1. The molecule has 2 rings (SSSR count). The third-order valence-corrected chi connectivity index (χ3v) is 2.82. The van der Waals surface area contributed by atoms with Gasteiger partial charge in [0.1, 0.15) is 5.75 Å². The lowest BCUT2D eigenvalue weighted by Gasteiger charge is -2.29. The van der Waals surface area contributed by atoms with Crippen LogP contribution in [0.5, 0.6) is 5.75 Å². The zero-order chi connectivity index (χ0) is 13.0. The first kappa shape index (κ1) is 13.1. The van der Waals surface area contributed by atoms with Gasteiger partial charge in [0.15, 0.2) is 6.61 Å². The molecule has 0 saturated carbocycles. The summed E-state index contributed by atoms with van der Waals surface area (Å²) in [6.45, 7) is 1.91. The molecule has 0 saturated heterocycles. The van der Waals surface area contributed by atoms with Crippen molar-refractivity contribution in [1.29, 1.82) is 0 Å². The van der Waals surface area contributed by atoms with Crippen LogP contribution in [0.25, 0.3) is 0 Å². The largest absolute Gasteiger partial charge is 0.482 e. The maximum Gasteiger partial charge on any atom is 0.265 e. The van der Waals surface area contributed by atoms with Crippen molar-refractivity contribution in [3.05, 3.63) is 23.2 Å². The number of anilines is 1. The summed E-state index contributed by atoms with van der Waals surface area (Å²) in [7, 11) is 0. The highest BCUT2D eigenvalue weighted by molar-refractivity contribution is 6.31. The van der Waals surface area contributed by atoms with Crippen LogP contribution in [0.2, 0.25) is 5.02 Å². The van der Waals surface area contributed by atoms with Crippen LogP contribution in [0.1, 0.15) is 0 Å². The summed E-state index contributed by atoms with van der Waals surface area (Å²) in [5.41, 5.74) is 6.02. The van der Waals surface area contributed by atoms with Crippen molar-refractivity contribution in [2.75, 3.05) is 37.8 Å². The van der Waals surface area contributed by atoms with Gasteiger partial charge in [-0.3, -0.25) is 4.79 Å². The van der Waals surface area contributed by atoms with Crippen LogP contribution in [-0.2, 0) is 9.53 Å². The number of hydrogen-bond acceptors (Lipinski definition) is 4. The van der Waals surface area contributed by atoms with E-state index in [1.165, 1.54) is 0 Å². The van der Waals surface area contributed by atoms with Gasteiger partial charge in [-0.25, -0.2) is 0 Å². The lowest BCUT2D eigenvalue weighted by atomic mass is 10.2. The molecule has 1 aromatic rings. The minimum absolute atomic E-state index is 0.0471. The fourth-order valence-electron chi connectivity index (χ4n) is 1.76. The summed E-state index contributed by atoms with van der Waals surface area (Å²) in [6.07, 6.45) is 0. The molecule has 6 heteroatoms. The van der Waals surface area contributed by atoms with E-state index in [0.717, 1.165) is 0 Å². The van der Waals surface area contributed by atoms with Crippen molar-refractivity contribution in [1.82, 2.24) is 0 Å². The molecule has 98 valence electrons. The fraction of sp³-hybridized carbons (Fsp3) is 0.417. The maximum absolute atomic E-state index is 11.8. The quantitative estimate of drug-likeness (QED) is 0.812. The van der Waals surface area contributed by atoms with E-state index in [0.29, 0.717) is 42.8 Å².